The molecule has 0 fully saturated rings. The number of rotatable bonds is 7. The monoisotopic (exact) mass is 318 g/mol. The number of benzene rings is 2. The predicted molar refractivity (Wildman–Crippen MR) is 91.6 cm³/mol. The van der Waals surface area contributed by atoms with E-state index in [1.807, 2.05) is 6.08 Å². The average Bonchev–Trinajstić information content (AvgIpc) is 2.54. The Morgan fingerprint density at radius 2 is 1.82 bits per heavy atom. The van der Waals surface area contributed by atoms with E-state index in [0.717, 1.165) is 12.8 Å². The van der Waals surface area contributed by atoms with Gasteiger partial charge in [-0.15, -0.1) is 0 Å². The molecule has 2 rings (SSSR count). The van der Waals surface area contributed by atoms with E-state index in [2.05, 4.69) is 6.92 Å². The molecule has 2 aromatic carbocycles. The van der Waals surface area contributed by atoms with Crippen molar-refractivity contribution in [2.75, 3.05) is 0 Å². The van der Waals surface area contributed by atoms with Crippen molar-refractivity contribution in [2.45, 2.75) is 43.9 Å². The smallest absolute Gasteiger partial charge is 0.140 e. The maximum Gasteiger partial charge on any atom is 0.140 e. The molecule has 0 amide bonds. The van der Waals surface area contributed by atoms with Gasteiger partial charge in [-0.05, 0) is 12.8 Å². The number of fused-ring (bicyclic) bond motifs is 1. The molecule has 2 aromatic rings. The Hall–Kier alpha value is -1.81. The van der Waals surface area contributed by atoms with Gasteiger partial charge in [-0.2, -0.15) is 0 Å². The molecule has 0 saturated heterocycles. The van der Waals surface area contributed by atoms with E-state index in [1.165, 1.54) is 25.3 Å². The topological polar surface area (TPSA) is 57.5 Å². The molecule has 0 aromatic heterocycles. The minimum Gasteiger partial charge on any atom is -0.507 e. The van der Waals surface area contributed by atoms with E-state index >= 15 is 0 Å². The quantitative estimate of drug-likeness (QED) is 0.567. The summed E-state index contributed by atoms with van der Waals surface area (Å²) in [7, 11) is -1.46. The van der Waals surface area contributed by atoms with Crippen LogP contribution in [0.3, 0.4) is 0 Å². The van der Waals surface area contributed by atoms with Gasteiger partial charge in [0, 0.05) is 22.2 Å². The third-order valence-corrected chi connectivity index (χ3v) is 4.80. The van der Waals surface area contributed by atoms with Crippen LogP contribution >= 0.6 is 0 Å². The van der Waals surface area contributed by atoms with Crippen LogP contribution in [0.5, 0.6) is 11.5 Å². The van der Waals surface area contributed by atoms with Gasteiger partial charge in [0.1, 0.15) is 11.5 Å². The van der Waals surface area contributed by atoms with Gasteiger partial charge in [-0.1, -0.05) is 56.5 Å². The van der Waals surface area contributed by atoms with Gasteiger partial charge in [0.2, 0.25) is 0 Å². The summed E-state index contributed by atoms with van der Waals surface area (Å²) in [5.74, 6) is 0.00969. The van der Waals surface area contributed by atoms with Crippen LogP contribution in [0.2, 0.25) is 0 Å². The highest BCUT2D eigenvalue weighted by Gasteiger charge is 2.14. The summed E-state index contributed by atoms with van der Waals surface area (Å²) in [6.07, 6.45) is 7.44. The Labute approximate surface area is 133 Å². The van der Waals surface area contributed by atoms with E-state index in [-0.39, 0.29) is 16.4 Å². The lowest BCUT2D eigenvalue weighted by Gasteiger charge is -2.08. The summed E-state index contributed by atoms with van der Waals surface area (Å²) < 4.78 is 12.3. The van der Waals surface area contributed by atoms with E-state index in [4.69, 9.17) is 0 Å². The van der Waals surface area contributed by atoms with Gasteiger partial charge in [0.15, 0.2) is 0 Å². The maximum absolute atomic E-state index is 12.3. The molecule has 0 saturated carbocycles. The second-order valence-electron chi connectivity index (χ2n) is 5.31. The number of phenolic OH excluding ortho intramolecular Hbond substituents is 2. The highest BCUT2D eigenvalue weighted by Crippen LogP contribution is 2.37. The van der Waals surface area contributed by atoms with Crippen LogP contribution in [0.4, 0.5) is 0 Å². The number of allylic oxidation sites excluding steroid dienone is 1. The highest BCUT2D eigenvalue weighted by atomic mass is 32.2. The summed E-state index contributed by atoms with van der Waals surface area (Å²) in [5, 5.41) is 23.0. The van der Waals surface area contributed by atoms with Gasteiger partial charge >= 0.3 is 0 Å². The van der Waals surface area contributed by atoms with Crippen molar-refractivity contribution >= 4 is 21.6 Å². The van der Waals surface area contributed by atoms with Crippen LogP contribution in [0.25, 0.3) is 10.8 Å². The molecule has 0 heterocycles. The second kappa shape index (κ2) is 7.99. The summed E-state index contributed by atoms with van der Waals surface area (Å²) in [5.41, 5.74) is 0. The molecule has 2 N–H and O–H groups in total. The molecule has 1 unspecified atom stereocenters. The van der Waals surface area contributed by atoms with Crippen molar-refractivity contribution in [1.82, 2.24) is 0 Å². The molecule has 118 valence electrons. The zero-order valence-corrected chi connectivity index (χ0v) is 13.6. The first-order valence-electron chi connectivity index (χ1n) is 7.66. The van der Waals surface area contributed by atoms with Crippen molar-refractivity contribution in [3.63, 3.8) is 0 Å². The minimum absolute atomic E-state index is 0.0256. The Bertz CT molecular complexity index is 692. The van der Waals surface area contributed by atoms with Crippen LogP contribution in [-0.4, -0.2) is 14.4 Å². The number of unbranched alkanes of at least 4 members (excludes halogenated alkanes) is 4. The molecule has 0 spiro atoms. The molecule has 0 aliphatic rings. The van der Waals surface area contributed by atoms with Gasteiger partial charge in [0.25, 0.3) is 0 Å². The predicted octanol–water partition coefficient (Wildman–Crippen LogP) is 4.84. The van der Waals surface area contributed by atoms with Crippen LogP contribution in [0, 0.1) is 0 Å². The first-order chi connectivity index (χ1) is 10.6. The lowest BCUT2D eigenvalue weighted by Crippen LogP contribution is -1.89. The second-order valence-corrected chi connectivity index (χ2v) is 6.61. The third kappa shape index (κ3) is 3.89. The van der Waals surface area contributed by atoms with Crippen molar-refractivity contribution in [3.8, 4) is 11.5 Å². The average molecular weight is 318 g/mol. The molecule has 3 nitrogen and oxygen atoms in total. The summed E-state index contributed by atoms with van der Waals surface area (Å²) >= 11 is 0. The first-order valence-corrected chi connectivity index (χ1v) is 8.87. The van der Waals surface area contributed by atoms with Crippen molar-refractivity contribution < 1.29 is 14.4 Å². The van der Waals surface area contributed by atoms with Gasteiger partial charge in [-0.3, -0.25) is 0 Å². The SMILES string of the molecule is CCCCCC/C=C/S(=O)c1cc(O)c2ccccc2c1O. The number of hydrogen-bond acceptors (Lipinski definition) is 3. The van der Waals surface area contributed by atoms with Crippen LogP contribution in [0.1, 0.15) is 39.0 Å². The Morgan fingerprint density at radius 3 is 2.55 bits per heavy atom. The summed E-state index contributed by atoms with van der Waals surface area (Å²) in [6.45, 7) is 2.17. The number of aromatic hydroxyl groups is 2. The maximum atomic E-state index is 12.3. The molecular formula is C18H22O3S. The minimum atomic E-state index is -1.46. The molecule has 1 atom stereocenters. The van der Waals surface area contributed by atoms with E-state index in [9.17, 15) is 14.4 Å². The van der Waals surface area contributed by atoms with Crippen LogP contribution in [0.15, 0.2) is 46.7 Å². The molecule has 4 heteroatoms. The molecule has 0 bridgehead atoms. The lowest BCUT2D eigenvalue weighted by atomic mass is 10.1. The van der Waals surface area contributed by atoms with E-state index in [0.29, 0.717) is 10.8 Å². The van der Waals surface area contributed by atoms with Crippen molar-refractivity contribution in [1.29, 1.82) is 0 Å². The van der Waals surface area contributed by atoms with Crippen LogP contribution < -0.4 is 0 Å². The summed E-state index contributed by atoms with van der Waals surface area (Å²) in [6, 6.07) is 8.38. The van der Waals surface area contributed by atoms with Crippen molar-refractivity contribution in [3.05, 3.63) is 41.8 Å². The van der Waals surface area contributed by atoms with Gasteiger partial charge in [-0.25, -0.2) is 4.21 Å². The third-order valence-electron chi connectivity index (χ3n) is 3.62. The normalized spacial score (nSPS) is 13.0. The fourth-order valence-electron chi connectivity index (χ4n) is 2.39. The van der Waals surface area contributed by atoms with E-state index in [1.54, 1.807) is 29.7 Å². The largest absolute Gasteiger partial charge is 0.507 e. The Balaban J connectivity index is 2.15. The van der Waals surface area contributed by atoms with E-state index < -0.39 is 10.8 Å². The fraction of sp³-hybridized carbons (Fsp3) is 0.333. The molecule has 22 heavy (non-hydrogen) atoms. The molecule has 0 aliphatic heterocycles. The van der Waals surface area contributed by atoms with Crippen molar-refractivity contribution in [2.24, 2.45) is 0 Å². The fourth-order valence-corrected chi connectivity index (χ4v) is 3.37. The van der Waals surface area contributed by atoms with Gasteiger partial charge in [0.05, 0.1) is 15.7 Å². The summed E-state index contributed by atoms with van der Waals surface area (Å²) in [4.78, 5) is 0.251. The molecular weight excluding hydrogens is 296 g/mol. The molecule has 0 radical (unpaired) electrons. The molecule has 0 aliphatic carbocycles. The number of phenols is 2. The number of hydrogen-bond donors (Lipinski definition) is 2. The zero-order chi connectivity index (χ0) is 15.9. The standard InChI is InChI=1S/C18H22O3S/c1-2-3-4-5-6-9-12-22(21)17-13-16(19)14-10-7-8-11-15(14)18(17)20/h7-13,19-20H,2-6H2,1H3/b12-9+. The highest BCUT2D eigenvalue weighted by molar-refractivity contribution is 7.88. The Kier molecular flexibility index (Phi) is 6.01. The van der Waals surface area contributed by atoms with Gasteiger partial charge < -0.3 is 10.2 Å². The lowest BCUT2D eigenvalue weighted by molar-refractivity contribution is 0.457. The Morgan fingerprint density at radius 1 is 1.09 bits per heavy atom. The zero-order valence-electron chi connectivity index (χ0n) is 12.8. The van der Waals surface area contributed by atoms with Crippen LogP contribution in [-0.2, 0) is 10.8 Å². The first kappa shape index (κ1) is 16.6.